The van der Waals surface area contributed by atoms with Gasteiger partial charge in [0.05, 0.1) is 17.8 Å². The molecule has 0 saturated carbocycles. The topological polar surface area (TPSA) is 85.5 Å². The summed E-state index contributed by atoms with van der Waals surface area (Å²) in [6.45, 7) is 3.55. The monoisotopic (exact) mass is 329 g/mol. The second-order valence-electron chi connectivity index (χ2n) is 6.12. The molecule has 1 aromatic rings. The maximum atomic E-state index is 12.5. The Hall–Kier alpha value is -0.990. The van der Waals surface area contributed by atoms with Gasteiger partial charge in [-0.15, -0.1) is 0 Å². The Morgan fingerprint density at radius 2 is 2.18 bits per heavy atom. The molecule has 0 spiro atoms. The first-order valence-corrected chi connectivity index (χ1v) is 9.55. The predicted octanol–water partition coefficient (Wildman–Crippen LogP) is 1.46. The zero-order chi connectivity index (χ0) is 15.6. The van der Waals surface area contributed by atoms with E-state index in [4.69, 9.17) is 9.26 Å². The number of ether oxygens (including phenoxy) is 1. The van der Waals surface area contributed by atoms with E-state index in [2.05, 4.69) is 10.1 Å². The van der Waals surface area contributed by atoms with E-state index < -0.39 is 10.0 Å². The third-order valence-corrected chi connectivity index (χ3v) is 6.26. The number of hydrogen-bond donors (Lipinski definition) is 0. The predicted molar refractivity (Wildman–Crippen MR) is 80.0 cm³/mol. The first kappa shape index (κ1) is 15.9. The minimum Gasteiger partial charge on any atom is -0.378 e. The Morgan fingerprint density at radius 3 is 2.86 bits per heavy atom. The maximum Gasteiger partial charge on any atom is 0.231 e. The fourth-order valence-corrected chi connectivity index (χ4v) is 4.79. The third-order valence-electron chi connectivity index (χ3n) is 4.39. The van der Waals surface area contributed by atoms with Gasteiger partial charge in [-0.25, -0.2) is 12.7 Å². The first-order valence-electron chi connectivity index (χ1n) is 7.94. The summed E-state index contributed by atoms with van der Waals surface area (Å²) < 4.78 is 37.4. The zero-order valence-electron chi connectivity index (χ0n) is 12.9. The molecule has 0 N–H and O–H groups in total. The molecule has 2 aliphatic rings. The fourth-order valence-electron chi connectivity index (χ4n) is 3.16. The van der Waals surface area contributed by atoms with E-state index in [0.717, 1.165) is 32.3 Å². The summed E-state index contributed by atoms with van der Waals surface area (Å²) in [7, 11) is -3.24. The molecule has 8 heteroatoms. The third kappa shape index (κ3) is 3.67. The molecule has 2 unspecified atom stereocenters. The van der Waals surface area contributed by atoms with Gasteiger partial charge in [0.1, 0.15) is 0 Å². The van der Waals surface area contributed by atoms with Crippen molar-refractivity contribution in [2.45, 2.75) is 51.0 Å². The molecule has 3 rings (SSSR count). The second-order valence-corrected chi connectivity index (χ2v) is 8.21. The van der Waals surface area contributed by atoms with Gasteiger partial charge in [0, 0.05) is 19.7 Å². The largest absolute Gasteiger partial charge is 0.378 e. The number of nitrogens with zero attached hydrogens (tertiary/aromatic N) is 3. The molecule has 1 aromatic heterocycles. The average molecular weight is 329 g/mol. The Morgan fingerprint density at radius 1 is 1.32 bits per heavy atom. The minimum atomic E-state index is -3.24. The van der Waals surface area contributed by atoms with Gasteiger partial charge in [-0.3, -0.25) is 0 Å². The van der Waals surface area contributed by atoms with Crippen LogP contribution in [0.5, 0.6) is 0 Å². The van der Waals surface area contributed by atoms with Crippen molar-refractivity contribution in [3.8, 4) is 0 Å². The molecule has 2 aliphatic heterocycles. The van der Waals surface area contributed by atoms with Crippen LogP contribution in [0.3, 0.4) is 0 Å². The minimum absolute atomic E-state index is 0.00690. The van der Waals surface area contributed by atoms with Crippen LogP contribution in [0.25, 0.3) is 0 Å². The summed E-state index contributed by atoms with van der Waals surface area (Å²) in [4.78, 5) is 4.24. The van der Waals surface area contributed by atoms with Gasteiger partial charge in [0.15, 0.2) is 5.82 Å². The lowest BCUT2D eigenvalue weighted by Gasteiger charge is -2.30. The number of aromatic nitrogens is 2. The van der Waals surface area contributed by atoms with Crippen molar-refractivity contribution < 1.29 is 17.7 Å². The highest BCUT2D eigenvalue weighted by Crippen LogP contribution is 2.28. The van der Waals surface area contributed by atoms with Gasteiger partial charge in [-0.2, -0.15) is 4.98 Å². The van der Waals surface area contributed by atoms with Crippen molar-refractivity contribution in [2.75, 3.05) is 25.4 Å². The summed E-state index contributed by atoms with van der Waals surface area (Å²) in [6.07, 6.45) is 4.41. The van der Waals surface area contributed by atoms with Crippen LogP contribution < -0.4 is 0 Å². The summed E-state index contributed by atoms with van der Waals surface area (Å²) >= 11 is 0. The van der Waals surface area contributed by atoms with E-state index in [1.807, 2.05) is 0 Å². The Bertz CT molecular complexity index is 595. The lowest BCUT2D eigenvalue weighted by Crippen LogP contribution is -2.40. The van der Waals surface area contributed by atoms with E-state index in [0.29, 0.717) is 31.2 Å². The zero-order valence-corrected chi connectivity index (χ0v) is 13.7. The van der Waals surface area contributed by atoms with E-state index in [9.17, 15) is 8.42 Å². The lowest BCUT2D eigenvalue weighted by molar-refractivity contribution is 0.108. The highest BCUT2D eigenvalue weighted by Gasteiger charge is 2.32. The number of hydrogen-bond acceptors (Lipinski definition) is 6. The molecule has 3 heterocycles. The van der Waals surface area contributed by atoms with E-state index in [1.165, 1.54) is 0 Å². The van der Waals surface area contributed by atoms with Crippen molar-refractivity contribution in [1.82, 2.24) is 14.4 Å². The molecule has 2 fully saturated rings. The van der Waals surface area contributed by atoms with Gasteiger partial charge in [0.2, 0.25) is 15.9 Å². The number of sulfonamides is 1. The molecule has 0 aromatic carbocycles. The van der Waals surface area contributed by atoms with Crippen molar-refractivity contribution in [2.24, 2.45) is 0 Å². The normalized spacial score (nSPS) is 27.3. The van der Waals surface area contributed by atoms with E-state index >= 15 is 0 Å². The number of rotatable bonds is 5. The molecule has 0 amide bonds. The van der Waals surface area contributed by atoms with Crippen molar-refractivity contribution in [3.05, 3.63) is 11.7 Å². The molecule has 0 aliphatic carbocycles. The summed E-state index contributed by atoms with van der Waals surface area (Å²) in [5.41, 5.74) is 0. The van der Waals surface area contributed by atoms with Gasteiger partial charge in [-0.05, 0) is 39.0 Å². The molecule has 124 valence electrons. The number of aryl methyl sites for hydroxylation is 1. The molecule has 22 heavy (non-hydrogen) atoms. The number of piperidine rings is 1. The van der Waals surface area contributed by atoms with Crippen LogP contribution in [0.1, 0.15) is 49.7 Å². The van der Waals surface area contributed by atoms with Gasteiger partial charge in [-0.1, -0.05) is 5.16 Å². The smallest absolute Gasteiger partial charge is 0.231 e. The summed E-state index contributed by atoms with van der Waals surface area (Å²) in [5, 5.41) is 3.80. The van der Waals surface area contributed by atoms with Gasteiger partial charge in [0.25, 0.3) is 0 Å². The molecule has 0 radical (unpaired) electrons. The molecular formula is C14H23N3O4S. The summed E-state index contributed by atoms with van der Waals surface area (Å²) in [6, 6.07) is 0. The van der Waals surface area contributed by atoms with Crippen LogP contribution in [0.15, 0.2) is 4.52 Å². The van der Waals surface area contributed by atoms with Crippen LogP contribution in [0.2, 0.25) is 0 Å². The van der Waals surface area contributed by atoms with Crippen LogP contribution in [0, 0.1) is 6.92 Å². The first-order chi connectivity index (χ1) is 10.5. The molecule has 2 saturated heterocycles. The Labute approximate surface area is 131 Å². The fraction of sp³-hybridized carbons (Fsp3) is 0.857. The average Bonchev–Trinajstić information content (AvgIpc) is 3.17. The van der Waals surface area contributed by atoms with Gasteiger partial charge < -0.3 is 9.26 Å². The molecule has 7 nitrogen and oxygen atoms in total. The molecular weight excluding hydrogens is 306 g/mol. The molecule has 0 bridgehead atoms. The standard InChI is InChI=1S/C14H23N3O4S/c1-11-15-14(21-16-11)12-4-2-7-17(10-12)22(18,19)9-6-13-5-3-8-20-13/h12-13H,2-10H2,1H3. The van der Waals surface area contributed by atoms with Crippen LogP contribution in [-0.4, -0.2) is 54.4 Å². The SMILES string of the molecule is Cc1noc(C2CCCN(S(=O)(=O)CCC3CCCO3)C2)n1. The lowest BCUT2D eigenvalue weighted by atomic mass is 10.00. The van der Waals surface area contributed by atoms with Crippen LogP contribution >= 0.6 is 0 Å². The maximum absolute atomic E-state index is 12.5. The highest BCUT2D eigenvalue weighted by atomic mass is 32.2. The van der Waals surface area contributed by atoms with Crippen molar-refractivity contribution in [3.63, 3.8) is 0 Å². The van der Waals surface area contributed by atoms with Crippen LogP contribution in [-0.2, 0) is 14.8 Å². The molecule has 2 atom stereocenters. The van der Waals surface area contributed by atoms with Gasteiger partial charge >= 0.3 is 0 Å². The van der Waals surface area contributed by atoms with Crippen LogP contribution in [0.4, 0.5) is 0 Å². The highest BCUT2D eigenvalue weighted by molar-refractivity contribution is 7.89. The van der Waals surface area contributed by atoms with Crippen molar-refractivity contribution in [1.29, 1.82) is 0 Å². The Balaban J connectivity index is 1.60. The second kappa shape index (κ2) is 6.64. The summed E-state index contributed by atoms with van der Waals surface area (Å²) in [5.74, 6) is 1.31. The van der Waals surface area contributed by atoms with E-state index in [-0.39, 0.29) is 17.8 Å². The Kier molecular flexibility index (Phi) is 4.79. The van der Waals surface area contributed by atoms with E-state index in [1.54, 1.807) is 11.2 Å². The quantitative estimate of drug-likeness (QED) is 0.813. The van der Waals surface area contributed by atoms with Crippen molar-refractivity contribution >= 4 is 10.0 Å².